The molecule has 2 aliphatic rings. The Labute approximate surface area is 264 Å². The summed E-state index contributed by atoms with van der Waals surface area (Å²) >= 11 is 0. The van der Waals surface area contributed by atoms with E-state index in [2.05, 4.69) is 31.2 Å². The predicted octanol–water partition coefficient (Wildman–Crippen LogP) is 9.10. The lowest BCUT2D eigenvalue weighted by Gasteiger charge is -2.33. The van der Waals surface area contributed by atoms with Crippen molar-refractivity contribution in [2.24, 2.45) is 11.8 Å². The van der Waals surface area contributed by atoms with Crippen molar-refractivity contribution in [3.63, 3.8) is 0 Å². The number of nitrogens with zero attached hydrogens (tertiary/aromatic N) is 4. The maximum atomic E-state index is 13.6. The van der Waals surface area contributed by atoms with Gasteiger partial charge in [0.1, 0.15) is 11.9 Å². The molecular weight excluding hydrogens is 612 g/mol. The number of ether oxygens (including phenoxy) is 1. The highest BCUT2D eigenvalue weighted by Crippen LogP contribution is 2.41. The van der Waals surface area contributed by atoms with Crippen LogP contribution in [0.2, 0.25) is 0 Å². The number of hydrogen-bond acceptors (Lipinski definition) is 5. The number of alkyl halides is 6. The fraction of sp³-hybridized carbons (Fsp3) is 0.545. The molecule has 1 saturated carbocycles. The van der Waals surface area contributed by atoms with Crippen LogP contribution < -0.4 is 5.32 Å². The lowest BCUT2D eigenvalue weighted by Crippen LogP contribution is -2.34. The Morgan fingerprint density at radius 3 is 2.28 bits per heavy atom. The van der Waals surface area contributed by atoms with Gasteiger partial charge in [0.25, 0.3) is 0 Å². The summed E-state index contributed by atoms with van der Waals surface area (Å²) in [7, 11) is 0. The van der Waals surface area contributed by atoms with Gasteiger partial charge in [-0.1, -0.05) is 40.0 Å². The van der Waals surface area contributed by atoms with E-state index in [9.17, 15) is 31.1 Å². The smallest absolute Gasteiger partial charge is 0.416 e. The maximum absolute atomic E-state index is 13.6. The molecular formula is C33H39F6N5O2. The largest absolute Gasteiger partial charge is 0.439 e. The number of rotatable bonds is 9. The van der Waals surface area contributed by atoms with E-state index in [1.54, 1.807) is 19.3 Å². The van der Waals surface area contributed by atoms with Gasteiger partial charge in [0.15, 0.2) is 0 Å². The number of cyclic esters (lactones) is 1. The van der Waals surface area contributed by atoms with Crippen LogP contribution >= 0.6 is 0 Å². The molecule has 4 atom stereocenters. The van der Waals surface area contributed by atoms with E-state index in [0.717, 1.165) is 49.8 Å². The maximum Gasteiger partial charge on any atom is 0.416 e. The monoisotopic (exact) mass is 651 g/mol. The van der Waals surface area contributed by atoms with Crippen LogP contribution in [0.1, 0.15) is 88.2 Å². The summed E-state index contributed by atoms with van der Waals surface area (Å²) in [6, 6.07) is 2.49. The topological polar surface area (TPSA) is 72.3 Å². The molecule has 1 aliphatic carbocycles. The molecule has 0 spiro atoms. The molecule has 13 heteroatoms. The molecule has 3 aromatic rings. The molecule has 2 unspecified atom stereocenters. The second-order valence-electron chi connectivity index (χ2n) is 12.8. The van der Waals surface area contributed by atoms with Gasteiger partial charge in [-0.3, -0.25) is 9.58 Å². The van der Waals surface area contributed by atoms with Crippen molar-refractivity contribution in [1.82, 2.24) is 19.7 Å². The van der Waals surface area contributed by atoms with Crippen LogP contribution in [0.5, 0.6) is 0 Å². The Morgan fingerprint density at radius 1 is 0.978 bits per heavy atom. The van der Waals surface area contributed by atoms with Crippen molar-refractivity contribution in [3.8, 4) is 11.1 Å². The molecule has 0 bridgehead atoms. The first-order valence-electron chi connectivity index (χ1n) is 15.7. The number of hydrogen-bond donors (Lipinski definition) is 1. The summed E-state index contributed by atoms with van der Waals surface area (Å²) in [5.41, 5.74) is -1.06. The fourth-order valence-electron chi connectivity index (χ4n) is 6.45. The Morgan fingerprint density at radius 2 is 1.65 bits per heavy atom. The minimum Gasteiger partial charge on any atom is -0.439 e. The van der Waals surface area contributed by atoms with E-state index < -0.39 is 41.7 Å². The average molecular weight is 652 g/mol. The number of carbonyl (C=O) groups excluding carboxylic acids is 1. The van der Waals surface area contributed by atoms with Gasteiger partial charge < -0.3 is 10.1 Å². The molecule has 7 nitrogen and oxygen atoms in total. The van der Waals surface area contributed by atoms with Gasteiger partial charge in [0, 0.05) is 41.7 Å². The highest BCUT2D eigenvalue weighted by molar-refractivity contribution is 5.72. The van der Waals surface area contributed by atoms with Crippen LogP contribution in [0.3, 0.4) is 0 Å². The van der Waals surface area contributed by atoms with E-state index in [4.69, 9.17) is 9.72 Å². The number of carbonyl (C=O) groups is 1. The van der Waals surface area contributed by atoms with Crippen LogP contribution in [0.15, 0.2) is 42.9 Å². The molecule has 0 radical (unpaired) electrons. The molecule has 2 fully saturated rings. The number of nitrogens with one attached hydrogen (secondary N) is 1. The molecule has 1 amide bonds. The van der Waals surface area contributed by atoms with Gasteiger partial charge in [-0.25, -0.2) is 9.78 Å². The van der Waals surface area contributed by atoms with E-state index in [1.807, 2.05) is 16.9 Å². The Kier molecular flexibility index (Phi) is 9.60. The van der Waals surface area contributed by atoms with Crippen LogP contribution in [-0.2, 0) is 30.2 Å². The number of benzene rings is 1. The summed E-state index contributed by atoms with van der Waals surface area (Å²) in [5, 5.41) is 8.04. The number of halogens is 6. The summed E-state index contributed by atoms with van der Waals surface area (Å²) in [6.45, 7) is 8.58. The van der Waals surface area contributed by atoms with Crippen molar-refractivity contribution >= 4 is 11.9 Å². The number of anilines is 1. The van der Waals surface area contributed by atoms with Crippen LogP contribution in [-0.4, -0.2) is 37.8 Å². The van der Waals surface area contributed by atoms with Gasteiger partial charge in [0.05, 0.1) is 29.9 Å². The lowest BCUT2D eigenvalue weighted by molar-refractivity contribution is -0.143. The normalized spacial score (nSPS) is 22.4. The van der Waals surface area contributed by atoms with E-state index in [1.165, 1.54) is 4.90 Å². The molecule has 1 aromatic carbocycles. The molecule has 2 aromatic heterocycles. The van der Waals surface area contributed by atoms with Crippen LogP contribution in [0.25, 0.3) is 11.1 Å². The molecule has 5 rings (SSSR count). The molecule has 1 N–H and O–H groups in total. The standard InChI is InChI=1S/C33H39F6N5O2/c1-5-21-8-6-7-9-28(21)42-30-24(10-23(14-40-30)25-15-41-43(17-25)16-19(2)3)18-44-20(4)29(46-31(44)45)22-11-26(32(34,35)36)13-27(12-22)33(37,38)39/h10-15,17,19-21,28-29H,5-9,16,18H2,1-4H3,(H,40,42)/t20-,21?,28?,29-/m0/s1. The van der Waals surface area contributed by atoms with Gasteiger partial charge >= 0.3 is 18.4 Å². The van der Waals surface area contributed by atoms with Crippen molar-refractivity contribution in [3.05, 3.63) is 65.1 Å². The SMILES string of the molecule is CCC1CCCCC1Nc1ncc(-c2cnn(CC(C)C)c2)cc1CN1C(=O)O[C@H](c2cc(C(F)(F)F)cc(C(F)(F)F)c2)[C@@H]1C. The quantitative estimate of drug-likeness (QED) is 0.234. The summed E-state index contributed by atoms with van der Waals surface area (Å²) < 4.78 is 88.8. The summed E-state index contributed by atoms with van der Waals surface area (Å²) in [6.07, 6.45) is -1.57. The van der Waals surface area contributed by atoms with Crippen LogP contribution in [0, 0.1) is 11.8 Å². The van der Waals surface area contributed by atoms with Gasteiger partial charge in [-0.15, -0.1) is 0 Å². The molecule has 1 saturated heterocycles. The first-order chi connectivity index (χ1) is 21.6. The van der Waals surface area contributed by atoms with Crippen molar-refractivity contribution in [2.75, 3.05) is 5.32 Å². The number of amides is 1. The lowest BCUT2D eigenvalue weighted by atomic mass is 9.83. The third-order valence-corrected chi connectivity index (χ3v) is 8.91. The van der Waals surface area contributed by atoms with Gasteiger partial charge in [-0.05, 0) is 61.4 Å². The fourth-order valence-corrected chi connectivity index (χ4v) is 6.45. The zero-order chi connectivity index (χ0) is 33.4. The van der Waals surface area contributed by atoms with Crippen molar-refractivity contribution in [1.29, 1.82) is 0 Å². The summed E-state index contributed by atoms with van der Waals surface area (Å²) in [4.78, 5) is 19.3. The van der Waals surface area contributed by atoms with Gasteiger partial charge in [-0.2, -0.15) is 31.4 Å². The van der Waals surface area contributed by atoms with Gasteiger partial charge in [0.2, 0.25) is 0 Å². The van der Waals surface area contributed by atoms with Crippen molar-refractivity contribution in [2.45, 2.75) is 103 Å². The molecule has 1 aliphatic heterocycles. The van der Waals surface area contributed by atoms with E-state index in [-0.39, 0.29) is 24.2 Å². The highest BCUT2D eigenvalue weighted by atomic mass is 19.4. The number of aromatic nitrogens is 3. The van der Waals surface area contributed by atoms with Crippen LogP contribution in [0.4, 0.5) is 37.0 Å². The zero-order valence-corrected chi connectivity index (χ0v) is 26.3. The second-order valence-corrected chi connectivity index (χ2v) is 12.8. The third-order valence-electron chi connectivity index (χ3n) is 8.91. The minimum atomic E-state index is -5.02. The Hall–Kier alpha value is -3.77. The Bertz CT molecular complexity index is 1500. The first kappa shape index (κ1) is 33.6. The third kappa shape index (κ3) is 7.44. The van der Waals surface area contributed by atoms with E-state index >= 15 is 0 Å². The summed E-state index contributed by atoms with van der Waals surface area (Å²) in [5.74, 6) is 1.40. The molecule has 250 valence electrons. The van der Waals surface area contributed by atoms with Crippen molar-refractivity contribution < 1.29 is 35.9 Å². The molecule has 46 heavy (non-hydrogen) atoms. The molecule has 3 heterocycles. The average Bonchev–Trinajstić information content (AvgIpc) is 3.56. The highest BCUT2D eigenvalue weighted by Gasteiger charge is 2.43. The van der Waals surface area contributed by atoms with E-state index in [0.29, 0.717) is 35.3 Å². The Balaban J connectivity index is 1.48. The number of pyridine rings is 1. The first-order valence-corrected chi connectivity index (χ1v) is 15.7. The second kappa shape index (κ2) is 13.2. The minimum absolute atomic E-state index is 0.0194. The predicted molar refractivity (Wildman–Crippen MR) is 161 cm³/mol. The zero-order valence-electron chi connectivity index (χ0n) is 26.3.